The third-order valence-corrected chi connectivity index (χ3v) is 28.2. The highest BCUT2D eigenvalue weighted by Crippen LogP contribution is 2.76. The van der Waals surface area contributed by atoms with E-state index in [9.17, 15) is 49.5 Å². The van der Waals surface area contributed by atoms with Crippen LogP contribution in [0.1, 0.15) is 171 Å². The molecular formula is C69H91FO16. The number of ether oxygens (including phenoxy) is 2. The number of fused-ring (bicyclic) bond motifs is 15. The number of Topliss-reactive ketones (excluding diaryl/α,β-unsaturated/α-hetero) is 3. The lowest BCUT2D eigenvalue weighted by atomic mass is 9.35. The van der Waals surface area contributed by atoms with Gasteiger partial charge in [-0.3, -0.25) is 43.2 Å². The number of hydrogen-bond donors (Lipinski definition) is 5. The fourth-order valence-corrected chi connectivity index (χ4v) is 25.2. The highest BCUT2D eigenvalue weighted by molar-refractivity contribution is 5.99. The molecule has 470 valence electrons. The minimum atomic E-state index is -2.68. The Balaban J connectivity index is 1.04. The topological polar surface area (TPSA) is 273 Å². The van der Waals surface area contributed by atoms with E-state index in [0.29, 0.717) is 80.9 Å². The van der Waals surface area contributed by atoms with Gasteiger partial charge < -0.3 is 35.0 Å². The number of carbonyl (C=O) groups is 9. The molecule has 86 heavy (non-hydrogen) atoms. The molecule has 0 bridgehead atoms. The molecule has 16 nitrogen and oxygen atoms in total. The summed E-state index contributed by atoms with van der Waals surface area (Å²) < 4.78 is 28.7. The Morgan fingerprint density at radius 2 is 1.07 bits per heavy atom. The summed E-state index contributed by atoms with van der Waals surface area (Å²) >= 11 is 0. The van der Waals surface area contributed by atoms with Gasteiger partial charge in [-0.15, -0.1) is 0 Å². The van der Waals surface area contributed by atoms with Crippen molar-refractivity contribution in [3.05, 3.63) is 34.9 Å². The van der Waals surface area contributed by atoms with Crippen molar-refractivity contribution in [2.45, 2.75) is 202 Å². The summed E-state index contributed by atoms with van der Waals surface area (Å²) in [7, 11) is 0. The summed E-state index contributed by atoms with van der Waals surface area (Å²) in [6, 6.07) is 0. The average Bonchev–Trinajstić information content (AvgIpc) is 0.995. The molecule has 0 amide bonds. The molecule has 0 aromatic heterocycles. The molecule has 12 rings (SSSR count). The van der Waals surface area contributed by atoms with Gasteiger partial charge in [-0.1, -0.05) is 52.7 Å². The van der Waals surface area contributed by atoms with Gasteiger partial charge in [0, 0.05) is 50.9 Å². The molecule has 12 aliphatic rings. The summed E-state index contributed by atoms with van der Waals surface area (Å²) in [5.41, 5.74) is -7.53. The minimum absolute atomic E-state index is 0.00515. The molecule has 5 N–H and O–H groups in total. The number of aliphatic carboxylic acids is 1. The number of carboxylic acids is 1. The first-order valence-corrected chi connectivity index (χ1v) is 32.5. The van der Waals surface area contributed by atoms with Crippen LogP contribution in [-0.4, -0.2) is 122 Å². The van der Waals surface area contributed by atoms with Gasteiger partial charge in [-0.2, -0.15) is 0 Å². The molecule has 0 aliphatic heterocycles. The third kappa shape index (κ3) is 8.45. The van der Waals surface area contributed by atoms with Crippen LogP contribution >= 0.6 is 0 Å². The van der Waals surface area contributed by atoms with Gasteiger partial charge in [0.2, 0.25) is 0 Å². The van der Waals surface area contributed by atoms with Crippen molar-refractivity contribution in [3.63, 3.8) is 0 Å². The van der Waals surface area contributed by atoms with E-state index in [0.717, 1.165) is 6.92 Å². The van der Waals surface area contributed by atoms with Crippen molar-refractivity contribution in [2.24, 2.45) is 121 Å². The van der Waals surface area contributed by atoms with Crippen molar-refractivity contribution in [3.8, 4) is 0 Å². The summed E-state index contributed by atoms with van der Waals surface area (Å²) in [5, 5.41) is 62.6. The quantitative estimate of drug-likeness (QED) is 0.116. The number of allylic oxidation sites excluding steroid dienone is 3. The molecule has 26 atom stereocenters. The molecule has 0 aromatic carbocycles. The molecule has 0 saturated heterocycles. The Morgan fingerprint density at radius 3 is 1.55 bits per heavy atom. The fraction of sp³-hybridized carbons (Fsp3) is 0.783. The second kappa shape index (κ2) is 21.0. The zero-order chi connectivity index (χ0) is 62.1. The van der Waals surface area contributed by atoms with Crippen molar-refractivity contribution in [1.29, 1.82) is 0 Å². The highest BCUT2D eigenvalue weighted by atomic mass is 19.1. The lowest BCUT2D eigenvalue weighted by Gasteiger charge is -2.68. The van der Waals surface area contributed by atoms with Gasteiger partial charge >= 0.3 is 17.9 Å². The van der Waals surface area contributed by atoms with Crippen LogP contribution in [0.2, 0.25) is 0 Å². The number of aliphatic hydroxyl groups is 4. The molecule has 9 fully saturated rings. The largest absolute Gasteiger partial charge is 0.481 e. The predicted molar refractivity (Wildman–Crippen MR) is 307 cm³/mol. The Morgan fingerprint density at radius 1 is 0.605 bits per heavy atom. The van der Waals surface area contributed by atoms with E-state index < -0.39 is 183 Å². The van der Waals surface area contributed by atoms with E-state index in [-0.39, 0.29) is 85.5 Å². The Kier molecular flexibility index (Phi) is 15.1. The van der Waals surface area contributed by atoms with Crippen molar-refractivity contribution >= 4 is 52.6 Å². The van der Waals surface area contributed by atoms with Crippen LogP contribution in [0.4, 0.5) is 4.39 Å². The van der Waals surface area contributed by atoms with Crippen molar-refractivity contribution in [2.75, 3.05) is 13.2 Å². The number of hydrogen-bond acceptors (Lipinski definition) is 15. The summed E-state index contributed by atoms with van der Waals surface area (Å²) in [6.07, 6.45) is 1.45. The van der Waals surface area contributed by atoms with Gasteiger partial charge in [-0.25, -0.2) is 4.39 Å². The number of rotatable bonds is 12. The van der Waals surface area contributed by atoms with E-state index in [1.54, 1.807) is 12.2 Å². The van der Waals surface area contributed by atoms with Crippen LogP contribution in [-0.2, 0) is 52.6 Å². The van der Waals surface area contributed by atoms with Gasteiger partial charge in [0.1, 0.15) is 24.8 Å². The number of carbonyl (C=O) groups excluding carboxylic acids is 8. The number of halogens is 1. The highest BCUT2D eigenvalue weighted by Gasteiger charge is 2.78. The molecule has 0 spiro atoms. The van der Waals surface area contributed by atoms with Gasteiger partial charge in [0.15, 0.2) is 40.8 Å². The zero-order valence-electron chi connectivity index (χ0n) is 51.4. The second-order valence-electron chi connectivity index (χ2n) is 31.2. The molecule has 0 radical (unpaired) electrons. The average molecular weight is 1200 g/mol. The molecule has 9 saturated carbocycles. The molecule has 12 aliphatic carbocycles. The molecule has 7 unspecified atom stereocenters. The maximum Gasteiger partial charge on any atom is 0.314 e. The van der Waals surface area contributed by atoms with E-state index in [2.05, 4.69) is 0 Å². The van der Waals surface area contributed by atoms with Gasteiger partial charge in [-0.05, 0) is 218 Å². The van der Waals surface area contributed by atoms with Crippen LogP contribution in [0.25, 0.3) is 0 Å². The number of ketones is 6. The van der Waals surface area contributed by atoms with Crippen LogP contribution in [0.15, 0.2) is 34.9 Å². The first-order chi connectivity index (χ1) is 40.4. The summed E-state index contributed by atoms with van der Waals surface area (Å²) in [4.78, 5) is 131. The Bertz CT molecular complexity index is 3050. The van der Waals surface area contributed by atoms with E-state index in [1.807, 2.05) is 41.5 Å². The molecule has 0 aromatic rings. The predicted octanol–water partition coefficient (Wildman–Crippen LogP) is 8.01. The SMILES string of the molecule is CC(=O)OCC(=O)[C@H]1CC[C@H]2[C@@H]3CCC4=CC(=O)CC(C(C(=O)O)(C(OC(C)=O)C(=O)[C@H]5CC[C@H]6[C@@H]7CC(F)C8=CC(=O)CC[C@]8(C)[C@H]7C(O)C[C@]56C)C5CC(=O)C=C6CC[C@@H]7[C@H]([C@@H](O)C[C@]8(C)[C@@H](C(=O)CO)CC[C@@H]78)[C@]65C)[C@]4(C)[C@H]3C(O)C[C@]12C. The number of esters is 2. The normalized spacial score (nSPS) is 48.2. The van der Waals surface area contributed by atoms with Gasteiger partial charge in [0.05, 0.1) is 18.3 Å². The lowest BCUT2D eigenvalue weighted by Crippen LogP contribution is -2.71. The van der Waals surface area contributed by atoms with Crippen LogP contribution in [0.3, 0.4) is 0 Å². The van der Waals surface area contributed by atoms with E-state index in [1.165, 1.54) is 13.0 Å². The summed E-state index contributed by atoms with van der Waals surface area (Å²) in [5.74, 6) is -14.5. The maximum absolute atomic E-state index is 17.2. The monoisotopic (exact) mass is 1190 g/mol. The third-order valence-electron chi connectivity index (χ3n) is 28.2. The van der Waals surface area contributed by atoms with Crippen LogP contribution < -0.4 is 0 Å². The summed E-state index contributed by atoms with van der Waals surface area (Å²) in [6.45, 7) is 12.9. The smallest absolute Gasteiger partial charge is 0.314 e. The zero-order valence-corrected chi connectivity index (χ0v) is 51.4. The van der Waals surface area contributed by atoms with Gasteiger partial charge in [0.25, 0.3) is 0 Å². The molecule has 17 heteroatoms. The van der Waals surface area contributed by atoms with Crippen molar-refractivity contribution < 1.29 is 82.5 Å². The van der Waals surface area contributed by atoms with Crippen LogP contribution in [0.5, 0.6) is 0 Å². The standard InChI is InChI=1S/C69H91FO16/c1-32(72)85-31-54(81)46-17-14-43-40-12-10-35-22-38(76)25-56(68(35,8)59(40)52(79)29-65(43,46)5)69(62(83)84,55-24-37(75)21-34-9-11-39-42-13-16-45(53(80)30-71)64(42,4)28-51(78)58(39)67(34,55)7)61(86-33(2)73)60(82)47-18-15-44-41-26-49(70)48-23-36(74)19-20-63(48,3)57(41)50(77)27-66(44,47)6/h21-23,39-47,49-52,55-59,61,71,77-79H,9-20,24-31H2,1-8H3,(H,83,84)/t39-,40-,41-,42-,43-,44-,45+,46+,47+,49?,50?,51-,52?,55?,56?,57+,58+,59+,61?,63-,64-,65-,66-,67+,68+,69?/m0/s1. The first kappa shape index (κ1) is 61.6. The number of carboxylic acid groups (broad SMARTS) is 1. The van der Waals surface area contributed by atoms with E-state index >= 15 is 23.6 Å². The Hall–Kier alpha value is -4.58. The number of aliphatic hydroxyl groups excluding tert-OH is 4. The molecule has 0 heterocycles. The van der Waals surface area contributed by atoms with Crippen LogP contribution in [0, 0.1) is 121 Å². The minimum Gasteiger partial charge on any atom is -0.481 e. The lowest BCUT2D eigenvalue weighted by molar-refractivity contribution is -0.228. The van der Waals surface area contributed by atoms with Crippen molar-refractivity contribution in [1.82, 2.24) is 0 Å². The maximum atomic E-state index is 17.2. The molecular weight excluding hydrogens is 1100 g/mol. The first-order valence-electron chi connectivity index (χ1n) is 32.5. The number of alkyl halides is 1. The fourth-order valence-electron chi connectivity index (χ4n) is 25.2. The Labute approximate surface area is 503 Å². The van der Waals surface area contributed by atoms with E-state index in [4.69, 9.17) is 9.47 Å². The second-order valence-corrected chi connectivity index (χ2v) is 31.2.